The van der Waals surface area contributed by atoms with Crippen LogP contribution in [0.2, 0.25) is 0 Å². The molecule has 1 aliphatic heterocycles. The molecule has 9 nitrogen and oxygen atoms in total. The van der Waals surface area contributed by atoms with Gasteiger partial charge in [0.25, 0.3) is 0 Å². The molecule has 3 aromatic heterocycles. The third-order valence-electron chi connectivity index (χ3n) is 5.96. The largest absolute Gasteiger partial charge is 0.497 e. The molecule has 0 spiro atoms. The highest BCUT2D eigenvalue weighted by Gasteiger charge is 2.20. The molecule has 5 rings (SSSR count). The molecular formula is C24H30N6O3. The van der Waals surface area contributed by atoms with Gasteiger partial charge in [-0.3, -0.25) is 9.47 Å². The molecule has 0 N–H and O–H groups in total. The van der Waals surface area contributed by atoms with Gasteiger partial charge in [0, 0.05) is 25.8 Å². The van der Waals surface area contributed by atoms with Crippen LogP contribution in [-0.2, 0) is 17.8 Å². The molecule has 1 atom stereocenters. The third kappa shape index (κ3) is 4.46. The first kappa shape index (κ1) is 22.9. The van der Waals surface area contributed by atoms with Crippen molar-refractivity contribution in [2.45, 2.75) is 40.0 Å². The van der Waals surface area contributed by atoms with Crippen molar-refractivity contribution in [3.63, 3.8) is 0 Å². The molecule has 33 heavy (non-hydrogen) atoms. The lowest BCUT2D eigenvalue weighted by atomic mass is 10.1. The lowest BCUT2D eigenvalue weighted by Gasteiger charge is -2.32. The predicted molar refractivity (Wildman–Crippen MR) is 127 cm³/mol. The first-order valence-electron chi connectivity index (χ1n) is 10.8. The minimum absolute atomic E-state index is 0. The normalized spacial score (nSPS) is 16.7. The van der Waals surface area contributed by atoms with Gasteiger partial charge in [0.15, 0.2) is 5.65 Å². The van der Waals surface area contributed by atoms with Crippen LogP contribution in [0.4, 0.5) is 0 Å². The van der Waals surface area contributed by atoms with Gasteiger partial charge in [-0.2, -0.15) is 9.61 Å². The highest BCUT2D eigenvalue weighted by Crippen LogP contribution is 2.20. The topological polar surface area (TPSA) is 86.8 Å². The maximum absolute atomic E-state index is 13.1. The van der Waals surface area contributed by atoms with E-state index in [1.165, 1.54) is 10.8 Å². The Balaban J connectivity index is 0.00000259. The van der Waals surface area contributed by atoms with Crippen molar-refractivity contribution in [2.24, 2.45) is 0 Å². The second-order valence-electron chi connectivity index (χ2n) is 8.06. The van der Waals surface area contributed by atoms with E-state index in [1.807, 2.05) is 30.5 Å². The number of aromatic nitrogens is 5. The summed E-state index contributed by atoms with van der Waals surface area (Å²) in [4.78, 5) is 24.6. The van der Waals surface area contributed by atoms with Gasteiger partial charge in [-0.1, -0.05) is 26.5 Å². The molecule has 0 radical (unpaired) electrons. The van der Waals surface area contributed by atoms with Crippen LogP contribution in [0.3, 0.4) is 0 Å². The number of rotatable bonds is 6. The molecule has 174 valence electrons. The number of methoxy groups -OCH3 is 1. The van der Waals surface area contributed by atoms with E-state index in [2.05, 4.69) is 28.0 Å². The summed E-state index contributed by atoms with van der Waals surface area (Å²) in [7, 11) is 1.63. The Kier molecular flexibility index (Phi) is 6.71. The average Bonchev–Trinajstić information content (AvgIpc) is 3.33. The van der Waals surface area contributed by atoms with Crippen LogP contribution in [0.1, 0.15) is 31.9 Å². The molecule has 0 bridgehead atoms. The zero-order chi connectivity index (χ0) is 22.1. The van der Waals surface area contributed by atoms with Crippen molar-refractivity contribution in [2.75, 3.05) is 26.8 Å². The summed E-state index contributed by atoms with van der Waals surface area (Å²) in [5.74, 6) is 0.772. The fourth-order valence-corrected chi connectivity index (χ4v) is 4.22. The highest BCUT2D eigenvalue weighted by molar-refractivity contribution is 5.89. The van der Waals surface area contributed by atoms with Crippen molar-refractivity contribution < 1.29 is 9.47 Å². The molecule has 0 saturated carbocycles. The zero-order valence-corrected chi connectivity index (χ0v) is 18.3. The van der Waals surface area contributed by atoms with Gasteiger partial charge in [0.05, 0.1) is 31.8 Å². The SMILES string of the molecule is C.CCC1CN(Cc2cnc3c(c2)c2ncnn2c(=O)n3Cc2ccc(OC)cc2)CCO1. The summed E-state index contributed by atoms with van der Waals surface area (Å²) >= 11 is 0. The number of morpholine rings is 1. The fraction of sp³-hybridized carbons (Fsp3) is 0.417. The van der Waals surface area contributed by atoms with E-state index in [1.54, 1.807) is 11.7 Å². The number of ether oxygens (including phenoxy) is 2. The predicted octanol–water partition coefficient (Wildman–Crippen LogP) is 2.74. The van der Waals surface area contributed by atoms with Gasteiger partial charge in [0.1, 0.15) is 17.7 Å². The van der Waals surface area contributed by atoms with Gasteiger partial charge >= 0.3 is 5.69 Å². The Bertz CT molecular complexity index is 1300. The second-order valence-corrected chi connectivity index (χ2v) is 8.06. The number of fused-ring (bicyclic) bond motifs is 3. The maximum Gasteiger partial charge on any atom is 0.352 e. The van der Waals surface area contributed by atoms with E-state index < -0.39 is 0 Å². The number of benzene rings is 1. The van der Waals surface area contributed by atoms with Crippen molar-refractivity contribution in [3.8, 4) is 5.75 Å². The molecule has 1 saturated heterocycles. The maximum atomic E-state index is 13.1. The average molecular weight is 451 g/mol. The number of hydrogen-bond acceptors (Lipinski definition) is 7. The fourth-order valence-electron chi connectivity index (χ4n) is 4.22. The van der Waals surface area contributed by atoms with Crippen LogP contribution in [-0.4, -0.2) is 62.0 Å². The van der Waals surface area contributed by atoms with E-state index in [9.17, 15) is 4.79 Å². The Morgan fingerprint density at radius 1 is 1.12 bits per heavy atom. The van der Waals surface area contributed by atoms with Crippen LogP contribution in [0.15, 0.2) is 47.7 Å². The van der Waals surface area contributed by atoms with E-state index in [0.717, 1.165) is 54.9 Å². The first-order chi connectivity index (χ1) is 15.7. The van der Waals surface area contributed by atoms with Gasteiger partial charge in [-0.05, 0) is 35.7 Å². The van der Waals surface area contributed by atoms with Gasteiger partial charge in [-0.15, -0.1) is 0 Å². The second kappa shape index (κ2) is 9.68. The number of pyridine rings is 1. The standard InChI is InChI=1S/C23H26N6O3.CH4/c1-3-18-14-27(8-9-32-18)12-17-10-20-21(24-11-17)28(23(30)29-22(20)25-15-26-29)13-16-4-6-19(31-2)7-5-16;/h4-7,10-11,15,18H,3,8-9,12-14H2,1-2H3;1H4. The number of nitrogens with zero attached hydrogens (tertiary/aromatic N) is 6. The minimum Gasteiger partial charge on any atom is -0.497 e. The summed E-state index contributed by atoms with van der Waals surface area (Å²) < 4.78 is 14.0. The van der Waals surface area contributed by atoms with Crippen LogP contribution in [0.25, 0.3) is 16.7 Å². The molecular weight excluding hydrogens is 420 g/mol. The van der Waals surface area contributed by atoms with E-state index >= 15 is 0 Å². The first-order valence-corrected chi connectivity index (χ1v) is 10.8. The monoisotopic (exact) mass is 450 g/mol. The van der Waals surface area contributed by atoms with Crippen molar-refractivity contribution in [1.82, 2.24) is 29.0 Å². The molecule has 1 aliphatic rings. The van der Waals surface area contributed by atoms with Gasteiger partial charge in [0.2, 0.25) is 0 Å². The minimum atomic E-state index is -0.264. The van der Waals surface area contributed by atoms with E-state index in [4.69, 9.17) is 14.5 Å². The Morgan fingerprint density at radius 2 is 1.94 bits per heavy atom. The molecule has 1 unspecified atom stereocenters. The molecule has 4 aromatic rings. The van der Waals surface area contributed by atoms with Crippen LogP contribution in [0, 0.1) is 0 Å². The Morgan fingerprint density at radius 3 is 2.70 bits per heavy atom. The summed E-state index contributed by atoms with van der Waals surface area (Å²) in [5.41, 5.74) is 2.91. The highest BCUT2D eigenvalue weighted by atomic mass is 16.5. The van der Waals surface area contributed by atoms with Gasteiger partial charge in [-0.25, -0.2) is 14.8 Å². The van der Waals surface area contributed by atoms with Gasteiger partial charge < -0.3 is 9.47 Å². The summed E-state index contributed by atoms with van der Waals surface area (Å²) in [5, 5.41) is 4.98. The number of hydrogen-bond donors (Lipinski definition) is 0. The summed E-state index contributed by atoms with van der Waals surface area (Å²) in [6.45, 7) is 5.85. The lowest BCUT2D eigenvalue weighted by Crippen LogP contribution is -2.41. The molecule has 1 aromatic carbocycles. The summed E-state index contributed by atoms with van der Waals surface area (Å²) in [6, 6.07) is 9.73. The third-order valence-corrected chi connectivity index (χ3v) is 5.96. The Labute approximate surface area is 192 Å². The van der Waals surface area contributed by atoms with Crippen molar-refractivity contribution >= 4 is 16.7 Å². The van der Waals surface area contributed by atoms with Crippen molar-refractivity contribution in [3.05, 3.63) is 64.5 Å². The summed E-state index contributed by atoms with van der Waals surface area (Å²) in [6.07, 6.45) is 4.55. The molecule has 9 heteroatoms. The molecule has 4 heterocycles. The van der Waals surface area contributed by atoms with Crippen LogP contribution < -0.4 is 10.4 Å². The van der Waals surface area contributed by atoms with E-state index in [0.29, 0.717) is 17.8 Å². The van der Waals surface area contributed by atoms with E-state index in [-0.39, 0.29) is 19.2 Å². The zero-order valence-electron chi connectivity index (χ0n) is 18.3. The van der Waals surface area contributed by atoms with Crippen LogP contribution in [0.5, 0.6) is 5.75 Å². The molecule has 1 fully saturated rings. The smallest absolute Gasteiger partial charge is 0.352 e. The Hall–Kier alpha value is -3.30. The van der Waals surface area contributed by atoms with Crippen LogP contribution >= 0.6 is 0 Å². The molecule has 0 amide bonds. The lowest BCUT2D eigenvalue weighted by molar-refractivity contribution is -0.0324. The van der Waals surface area contributed by atoms with Crippen molar-refractivity contribution in [1.29, 1.82) is 0 Å². The quantitative estimate of drug-likeness (QED) is 0.446. The molecule has 0 aliphatic carbocycles.